The van der Waals surface area contributed by atoms with Crippen molar-refractivity contribution in [2.24, 2.45) is 0 Å². The van der Waals surface area contributed by atoms with Crippen LogP contribution in [0.5, 0.6) is 0 Å². The molecular formula is C21H20N2O4. The molecule has 0 unspecified atom stereocenters. The molecule has 6 heteroatoms. The summed E-state index contributed by atoms with van der Waals surface area (Å²) < 4.78 is 5.44. The van der Waals surface area contributed by atoms with Crippen LogP contribution >= 0.6 is 0 Å². The summed E-state index contributed by atoms with van der Waals surface area (Å²) in [5.74, 6) is -0.928. The highest BCUT2D eigenvalue weighted by Gasteiger charge is 2.46. The molecule has 0 spiro atoms. The minimum Gasteiger partial charge on any atom is -0.433 e. The van der Waals surface area contributed by atoms with Crippen molar-refractivity contribution < 1.29 is 19.1 Å². The molecule has 0 saturated carbocycles. The van der Waals surface area contributed by atoms with Gasteiger partial charge in [-0.2, -0.15) is 0 Å². The van der Waals surface area contributed by atoms with Gasteiger partial charge in [0, 0.05) is 17.7 Å². The Morgan fingerprint density at radius 3 is 2.70 bits per heavy atom. The van der Waals surface area contributed by atoms with Gasteiger partial charge in [0.15, 0.2) is 0 Å². The number of rotatable bonds is 3. The van der Waals surface area contributed by atoms with Crippen LogP contribution in [0.2, 0.25) is 0 Å². The Morgan fingerprint density at radius 1 is 1.15 bits per heavy atom. The highest BCUT2D eigenvalue weighted by atomic mass is 16.6. The standard InChI is InChI=1S/C21H20N2O4/c1-12-7-8-16(13(2)11-12)22-19(25)17-9-10-18(24)23(17)20-14-5-3-4-6-15(14)21(26)27-20/h3-8,11,17,20H,9-10H2,1-2H3,(H,22,25)/t17-,20+/m1/s1. The second-order valence-corrected chi connectivity index (χ2v) is 7.01. The van der Waals surface area contributed by atoms with E-state index in [0.29, 0.717) is 23.2 Å². The van der Waals surface area contributed by atoms with E-state index < -0.39 is 18.2 Å². The first-order chi connectivity index (χ1) is 13.0. The number of aryl methyl sites for hydroxylation is 2. The monoisotopic (exact) mass is 364 g/mol. The van der Waals surface area contributed by atoms with Crippen molar-refractivity contribution in [3.63, 3.8) is 0 Å². The Kier molecular flexibility index (Phi) is 4.18. The zero-order chi connectivity index (χ0) is 19.1. The minimum absolute atomic E-state index is 0.190. The Bertz CT molecular complexity index is 953. The molecule has 1 saturated heterocycles. The Morgan fingerprint density at radius 2 is 1.93 bits per heavy atom. The molecule has 6 nitrogen and oxygen atoms in total. The van der Waals surface area contributed by atoms with Gasteiger partial charge >= 0.3 is 5.97 Å². The maximum absolute atomic E-state index is 12.9. The van der Waals surface area contributed by atoms with Crippen molar-refractivity contribution in [3.8, 4) is 0 Å². The van der Waals surface area contributed by atoms with Gasteiger partial charge in [0.05, 0.1) is 5.56 Å². The van der Waals surface area contributed by atoms with Crippen molar-refractivity contribution in [1.82, 2.24) is 4.90 Å². The summed E-state index contributed by atoms with van der Waals surface area (Å²) in [7, 11) is 0. The lowest BCUT2D eigenvalue weighted by atomic mass is 10.1. The van der Waals surface area contributed by atoms with Crippen molar-refractivity contribution in [1.29, 1.82) is 0 Å². The molecule has 138 valence electrons. The maximum atomic E-state index is 12.9. The summed E-state index contributed by atoms with van der Waals surface area (Å²) in [6, 6.07) is 12.1. The van der Waals surface area contributed by atoms with E-state index >= 15 is 0 Å². The maximum Gasteiger partial charge on any atom is 0.340 e. The van der Waals surface area contributed by atoms with Crippen molar-refractivity contribution >= 4 is 23.5 Å². The van der Waals surface area contributed by atoms with Gasteiger partial charge in [-0.25, -0.2) is 4.79 Å². The number of carbonyl (C=O) groups is 3. The molecule has 1 fully saturated rings. The Hall–Kier alpha value is -3.15. The number of esters is 1. The summed E-state index contributed by atoms with van der Waals surface area (Å²) in [6.45, 7) is 3.91. The van der Waals surface area contributed by atoms with Crippen molar-refractivity contribution in [2.75, 3.05) is 5.32 Å². The first-order valence-electron chi connectivity index (χ1n) is 8.95. The number of benzene rings is 2. The normalized spacial score (nSPS) is 21.2. The number of hydrogen-bond acceptors (Lipinski definition) is 4. The van der Waals surface area contributed by atoms with Gasteiger partial charge < -0.3 is 10.1 Å². The molecule has 2 heterocycles. The van der Waals surface area contributed by atoms with Crippen LogP contribution in [-0.2, 0) is 14.3 Å². The van der Waals surface area contributed by atoms with Gasteiger partial charge in [-0.15, -0.1) is 0 Å². The molecule has 2 aliphatic rings. The van der Waals surface area contributed by atoms with Gasteiger partial charge in [0.2, 0.25) is 18.0 Å². The van der Waals surface area contributed by atoms with Crippen LogP contribution in [0.3, 0.4) is 0 Å². The summed E-state index contributed by atoms with van der Waals surface area (Å²) in [5.41, 5.74) is 3.85. The average molecular weight is 364 g/mol. The lowest BCUT2D eigenvalue weighted by Gasteiger charge is -2.29. The zero-order valence-electron chi connectivity index (χ0n) is 15.2. The molecule has 1 N–H and O–H groups in total. The van der Waals surface area contributed by atoms with Crippen LogP contribution in [0.4, 0.5) is 5.69 Å². The smallest absolute Gasteiger partial charge is 0.340 e. The predicted octanol–water partition coefficient (Wildman–Crippen LogP) is 3.10. The zero-order valence-corrected chi connectivity index (χ0v) is 15.2. The van der Waals surface area contributed by atoms with E-state index in [1.165, 1.54) is 4.90 Å². The van der Waals surface area contributed by atoms with Crippen LogP contribution in [0.15, 0.2) is 42.5 Å². The van der Waals surface area contributed by atoms with Crippen LogP contribution in [-0.4, -0.2) is 28.7 Å². The first-order valence-corrected chi connectivity index (χ1v) is 8.95. The van der Waals surface area contributed by atoms with Crippen LogP contribution < -0.4 is 5.32 Å². The topological polar surface area (TPSA) is 75.7 Å². The van der Waals surface area contributed by atoms with Crippen LogP contribution in [0, 0.1) is 13.8 Å². The van der Waals surface area contributed by atoms with E-state index in [9.17, 15) is 14.4 Å². The number of nitrogens with one attached hydrogen (secondary N) is 1. The summed E-state index contributed by atoms with van der Waals surface area (Å²) >= 11 is 0. The Balaban J connectivity index is 1.60. The van der Waals surface area contributed by atoms with Gasteiger partial charge in [0.1, 0.15) is 6.04 Å². The fraction of sp³-hybridized carbons (Fsp3) is 0.286. The van der Waals surface area contributed by atoms with Crippen LogP contribution in [0.25, 0.3) is 0 Å². The fourth-order valence-electron chi connectivity index (χ4n) is 3.76. The third-order valence-electron chi connectivity index (χ3n) is 5.12. The summed E-state index contributed by atoms with van der Waals surface area (Å²) in [5, 5.41) is 2.92. The predicted molar refractivity (Wildman–Crippen MR) is 99.0 cm³/mol. The van der Waals surface area contributed by atoms with Crippen LogP contribution in [0.1, 0.15) is 46.1 Å². The largest absolute Gasteiger partial charge is 0.433 e. The number of amides is 2. The number of ether oxygens (including phenoxy) is 1. The van der Waals surface area contributed by atoms with E-state index in [4.69, 9.17) is 4.74 Å². The lowest BCUT2D eigenvalue weighted by molar-refractivity contribution is -0.144. The SMILES string of the molecule is Cc1ccc(NC(=O)[C@H]2CCC(=O)N2[C@H]2OC(=O)c3ccccc32)c(C)c1. The van der Waals surface area contributed by atoms with Gasteiger partial charge in [-0.05, 0) is 38.0 Å². The van der Waals surface area contributed by atoms with E-state index in [1.807, 2.05) is 32.0 Å². The van der Waals surface area contributed by atoms with Gasteiger partial charge in [-0.3, -0.25) is 14.5 Å². The van der Waals surface area contributed by atoms with E-state index in [2.05, 4.69) is 5.32 Å². The third kappa shape index (κ3) is 2.97. The molecule has 0 radical (unpaired) electrons. The average Bonchev–Trinajstić information content (AvgIpc) is 3.18. The second kappa shape index (κ2) is 6.54. The van der Waals surface area contributed by atoms with E-state index in [1.54, 1.807) is 24.3 Å². The fourth-order valence-corrected chi connectivity index (χ4v) is 3.76. The first kappa shape index (κ1) is 17.3. The molecule has 2 aromatic rings. The lowest BCUT2D eigenvalue weighted by Crippen LogP contribution is -2.44. The van der Waals surface area contributed by atoms with Crippen molar-refractivity contribution in [3.05, 3.63) is 64.7 Å². The summed E-state index contributed by atoms with van der Waals surface area (Å²) in [6.07, 6.45) is -0.203. The van der Waals surface area contributed by atoms with Gasteiger partial charge in [-0.1, -0.05) is 35.9 Å². The molecule has 4 rings (SSSR count). The summed E-state index contributed by atoms with van der Waals surface area (Å²) in [4.78, 5) is 39.0. The van der Waals surface area contributed by atoms with E-state index in [-0.39, 0.29) is 18.2 Å². The molecule has 2 amide bonds. The quantitative estimate of drug-likeness (QED) is 0.849. The van der Waals surface area contributed by atoms with E-state index in [0.717, 1.165) is 11.1 Å². The number of fused-ring (bicyclic) bond motifs is 1. The number of anilines is 1. The van der Waals surface area contributed by atoms with Gasteiger partial charge in [0.25, 0.3) is 0 Å². The highest BCUT2D eigenvalue weighted by Crippen LogP contribution is 2.38. The second-order valence-electron chi connectivity index (χ2n) is 7.01. The third-order valence-corrected chi connectivity index (χ3v) is 5.12. The number of carbonyl (C=O) groups excluding carboxylic acids is 3. The van der Waals surface area contributed by atoms with Crippen molar-refractivity contribution in [2.45, 2.75) is 39.0 Å². The molecule has 0 bridgehead atoms. The number of nitrogens with zero attached hydrogens (tertiary/aromatic N) is 1. The number of hydrogen-bond donors (Lipinski definition) is 1. The molecule has 2 aliphatic heterocycles. The molecule has 0 aromatic heterocycles. The highest BCUT2D eigenvalue weighted by molar-refractivity contribution is 6.00. The molecule has 0 aliphatic carbocycles. The number of likely N-dealkylation sites (tertiary alicyclic amines) is 1. The molecule has 27 heavy (non-hydrogen) atoms. The number of cyclic esters (lactones) is 1. The molecular weight excluding hydrogens is 344 g/mol. The Labute approximate surface area is 157 Å². The molecule has 2 atom stereocenters. The minimum atomic E-state index is -0.849. The molecule has 2 aromatic carbocycles.